The molecule has 0 aliphatic rings. The molecule has 1 aromatic heterocycles. The van der Waals surface area contributed by atoms with E-state index in [2.05, 4.69) is 4.98 Å². The van der Waals surface area contributed by atoms with Gasteiger partial charge in [0.2, 0.25) is 0 Å². The lowest BCUT2D eigenvalue weighted by atomic mass is 10.1. The molecule has 0 saturated heterocycles. The van der Waals surface area contributed by atoms with Gasteiger partial charge in [-0.3, -0.25) is 4.57 Å². The number of nitrogens with zero attached hydrogens (tertiary/aromatic N) is 2. The number of hydrogen-bond acceptors (Lipinski definition) is 4. The van der Waals surface area contributed by atoms with Crippen molar-refractivity contribution in [2.24, 2.45) is 0 Å². The summed E-state index contributed by atoms with van der Waals surface area (Å²) in [6.45, 7) is -0.00415. The Balaban J connectivity index is 2.07. The van der Waals surface area contributed by atoms with Crippen LogP contribution < -0.4 is 0 Å². The van der Waals surface area contributed by atoms with E-state index in [1.165, 1.54) is 12.1 Å². The van der Waals surface area contributed by atoms with E-state index in [-0.39, 0.29) is 18.1 Å². The first kappa shape index (κ1) is 13.2. The molecule has 2 aromatic carbocycles. The zero-order valence-corrected chi connectivity index (χ0v) is 11.1. The summed E-state index contributed by atoms with van der Waals surface area (Å²) in [5.74, 6) is 0.542. The van der Waals surface area contributed by atoms with Gasteiger partial charge in [-0.2, -0.15) is 0 Å². The van der Waals surface area contributed by atoms with E-state index in [9.17, 15) is 10.2 Å². The molecule has 5 nitrogen and oxygen atoms in total. The molecule has 0 saturated carbocycles. The Morgan fingerprint density at radius 2 is 1.76 bits per heavy atom. The minimum atomic E-state index is -0.0329. The van der Waals surface area contributed by atoms with E-state index in [0.717, 1.165) is 11.3 Å². The van der Waals surface area contributed by atoms with Gasteiger partial charge in [0.15, 0.2) is 0 Å². The molecule has 0 spiro atoms. The van der Waals surface area contributed by atoms with Gasteiger partial charge in [0.05, 0.1) is 12.2 Å². The summed E-state index contributed by atoms with van der Waals surface area (Å²) in [4.78, 5) is 4.27. The van der Waals surface area contributed by atoms with Crippen LogP contribution in [0.5, 0.6) is 11.5 Å². The molecule has 0 fully saturated rings. The number of rotatable bonds is 3. The van der Waals surface area contributed by atoms with Gasteiger partial charge in [-0.15, -0.1) is 0 Å². The predicted octanol–water partition coefficient (Wildman–Crippen LogP) is 2.44. The highest BCUT2D eigenvalue weighted by Crippen LogP contribution is 2.32. The molecule has 0 aliphatic heterocycles. The maximum Gasteiger partial charge on any atom is 0.148 e. The molecule has 0 amide bonds. The number of aliphatic hydroxyl groups excluding tert-OH is 1. The first-order chi connectivity index (χ1) is 10.2. The smallest absolute Gasteiger partial charge is 0.148 e. The van der Waals surface area contributed by atoms with Crippen LogP contribution in [0.3, 0.4) is 0 Å². The first-order valence-electron chi connectivity index (χ1n) is 6.45. The van der Waals surface area contributed by atoms with Crippen LogP contribution in [0.2, 0.25) is 0 Å². The molecule has 3 aromatic rings. The summed E-state index contributed by atoms with van der Waals surface area (Å²) in [6, 6.07) is 11.8. The SMILES string of the molecule is OCc1ccc(-n2ccnc2-c2ccc(O)cc2O)cc1. The number of phenolic OH excluding ortho intramolecular Hbond substituents is 2. The van der Waals surface area contributed by atoms with E-state index < -0.39 is 0 Å². The van der Waals surface area contributed by atoms with Crippen LogP contribution >= 0.6 is 0 Å². The predicted molar refractivity (Wildman–Crippen MR) is 78.3 cm³/mol. The Hall–Kier alpha value is -2.79. The number of aromatic hydroxyl groups is 2. The van der Waals surface area contributed by atoms with Crippen LogP contribution in [-0.2, 0) is 6.61 Å². The van der Waals surface area contributed by atoms with Crippen LogP contribution in [0.4, 0.5) is 0 Å². The van der Waals surface area contributed by atoms with Gasteiger partial charge in [-0.25, -0.2) is 4.98 Å². The fraction of sp³-hybridized carbons (Fsp3) is 0.0625. The van der Waals surface area contributed by atoms with E-state index in [4.69, 9.17) is 5.11 Å². The molecule has 0 bridgehead atoms. The molecule has 0 atom stereocenters. The van der Waals surface area contributed by atoms with Crippen molar-refractivity contribution in [1.82, 2.24) is 9.55 Å². The minimum absolute atomic E-state index is 0.00153. The summed E-state index contributed by atoms with van der Waals surface area (Å²) < 4.78 is 1.83. The summed E-state index contributed by atoms with van der Waals surface area (Å²) in [6.07, 6.45) is 3.43. The zero-order valence-electron chi connectivity index (χ0n) is 11.1. The van der Waals surface area contributed by atoms with Crippen LogP contribution in [0.15, 0.2) is 54.9 Å². The van der Waals surface area contributed by atoms with Crippen molar-refractivity contribution in [3.63, 3.8) is 0 Å². The van der Waals surface area contributed by atoms with Gasteiger partial charge in [-0.05, 0) is 29.8 Å². The normalized spacial score (nSPS) is 10.7. The molecule has 5 heteroatoms. The number of benzene rings is 2. The summed E-state index contributed by atoms with van der Waals surface area (Å²) in [5.41, 5.74) is 2.23. The standard InChI is InChI=1S/C16H14N2O3/c19-10-11-1-3-12(4-2-11)18-8-7-17-16(18)14-6-5-13(20)9-15(14)21/h1-9,19-21H,10H2. The van der Waals surface area contributed by atoms with Crippen LogP contribution in [-0.4, -0.2) is 24.9 Å². The lowest BCUT2D eigenvalue weighted by Gasteiger charge is -2.10. The van der Waals surface area contributed by atoms with Crippen molar-refractivity contribution < 1.29 is 15.3 Å². The Kier molecular flexibility index (Phi) is 3.33. The summed E-state index contributed by atoms with van der Waals surface area (Å²) in [5, 5.41) is 28.4. The Bertz CT molecular complexity index is 763. The molecule has 21 heavy (non-hydrogen) atoms. The number of aliphatic hydroxyl groups is 1. The van der Waals surface area contributed by atoms with Crippen molar-refractivity contribution in [2.45, 2.75) is 6.61 Å². The summed E-state index contributed by atoms with van der Waals surface area (Å²) in [7, 11) is 0. The highest BCUT2D eigenvalue weighted by molar-refractivity contribution is 5.67. The number of aromatic nitrogens is 2. The third kappa shape index (κ3) is 2.46. The van der Waals surface area contributed by atoms with E-state index in [0.29, 0.717) is 11.4 Å². The third-order valence-electron chi connectivity index (χ3n) is 3.26. The first-order valence-corrected chi connectivity index (χ1v) is 6.45. The lowest BCUT2D eigenvalue weighted by molar-refractivity contribution is 0.282. The number of imidazole rings is 1. The average Bonchev–Trinajstić information content (AvgIpc) is 2.96. The molecule has 0 unspecified atom stereocenters. The number of phenols is 2. The highest BCUT2D eigenvalue weighted by atomic mass is 16.3. The average molecular weight is 282 g/mol. The van der Waals surface area contributed by atoms with E-state index >= 15 is 0 Å². The maximum absolute atomic E-state index is 9.97. The molecule has 3 rings (SSSR count). The molecule has 1 heterocycles. The molecular weight excluding hydrogens is 268 g/mol. The second kappa shape index (κ2) is 5.30. The Morgan fingerprint density at radius 1 is 1.00 bits per heavy atom. The van der Waals surface area contributed by atoms with Gasteiger partial charge >= 0.3 is 0 Å². The molecule has 0 radical (unpaired) electrons. The lowest BCUT2D eigenvalue weighted by Crippen LogP contribution is -1.97. The van der Waals surface area contributed by atoms with Gasteiger partial charge in [0, 0.05) is 24.1 Å². The Morgan fingerprint density at radius 3 is 2.43 bits per heavy atom. The fourth-order valence-corrected chi connectivity index (χ4v) is 2.18. The number of hydrogen-bond donors (Lipinski definition) is 3. The summed E-state index contributed by atoms with van der Waals surface area (Å²) >= 11 is 0. The second-order valence-electron chi connectivity index (χ2n) is 4.65. The van der Waals surface area contributed by atoms with Crippen molar-refractivity contribution in [2.75, 3.05) is 0 Å². The van der Waals surface area contributed by atoms with Crippen molar-refractivity contribution in [1.29, 1.82) is 0 Å². The molecular formula is C16H14N2O3. The monoisotopic (exact) mass is 282 g/mol. The molecule has 106 valence electrons. The third-order valence-corrected chi connectivity index (χ3v) is 3.26. The van der Waals surface area contributed by atoms with Gasteiger partial charge in [0.25, 0.3) is 0 Å². The van der Waals surface area contributed by atoms with Gasteiger partial charge in [0.1, 0.15) is 17.3 Å². The van der Waals surface area contributed by atoms with Gasteiger partial charge in [-0.1, -0.05) is 12.1 Å². The second-order valence-corrected chi connectivity index (χ2v) is 4.65. The minimum Gasteiger partial charge on any atom is -0.508 e. The fourth-order valence-electron chi connectivity index (χ4n) is 2.18. The van der Waals surface area contributed by atoms with Crippen molar-refractivity contribution in [3.05, 3.63) is 60.4 Å². The maximum atomic E-state index is 9.97. The largest absolute Gasteiger partial charge is 0.508 e. The van der Waals surface area contributed by atoms with Crippen molar-refractivity contribution >= 4 is 0 Å². The van der Waals surface area contributed by atoms with Gasteiger partial charge < -0.3 is 15.3 Å². The highest BCUT2D eigenvalue weighted by Gasteiger charge is 2.12. The van der Waals surface area contributed by atoms with Crippen molar-refractivity contribution in [3.8, 4) is 28.6 Å². The Labute approximate surface area is 121 Å². The van der Waals surface area contributed by atoms with Crippen LogP contribution in [0.1, 0.15) is 5.56 Å². The molecule has 0 aliphatic carbocycles. The van der Waals surface area contributed by atoms with Crippen LogP contribution in [0.25, 0.3) is 17.1 Å². The molecule has 3 N–H and O–H groups in total. The topological polar surface area (TPSA) is 78.5 Å². The zero-order chi connectivity index (χ0) is 14.8. The van der Waals surface area contributed by atoms with E-state index in [1.54, 1.807) is 18.5 Å². The quantitative estimate of drug-likeness (QED) is 0.689. The van der Waals surface area contributed by atoms with Crippen LogP contribution in [0, 0.1) is 0 Å². The van der Waals surface area contributed by atoms with E-state index in [1.807, 2.05) is 28.8 Å².